The van der Waals surface area contributed by atoms with E-state index in [1.54, 1.807) is 18.2 Å². The molecule has 0 saturated carbocycles. The summed E-state index contributed by atoms with van der Waals surface area (Å²) < 4.78 is 0. The molecule has 124 valence electrons. The van der Waals surface area contributed by atoms with Crippen LogP contribution in [0.5, 0.6) is 0 Å². The van der Waals surface area contributed by atoms with Gasteiger partial charge in [0.25, 0.3) is 5.91 Å². The van der Waals surface area contributed by atoms with Crippen molar-refractivity contribution in [1.29, 1.82) is 0 Å². The fraction of sp³-hybridized carbons (Fsp3) is 0.467. The van der Waals surface area contributed by atoms with Crippen molar-refractivity contribution < 1.29 is 20.4 Å². The van der Waals surface area contributed by atoms with Gasteiger partial charge in [-0.3, -0.25) is 4.79 Å². The molecule has 0 aliphatic rings. The van der Waals surface area contributed by atoms with Gasteiger partial charge in [0.1, 0.15) is 0 Å². The molecule has 1 rings (SSSR count). The number of halogens is 1. The van der Waals surface area contributed by atoms with E-state index in [1.165, 1.54) is 17.8 Å². The second kappa shape index (κ2) is 11.3. The van der Waals surface area contributed by atoms with Crippen molar-refractivity contribution in [2.45, 2.75) is 32.4 Å². The smallest absolute Gasteiger partial charge is 0.251 e. The highest BCUT2D eigenvalue weighted by molar-refractivity contribution is 7.98. The molecule has 4 N–H and O–H groups in total. The predicted molar refractivity (Wildman–Crippen MR) is 88.7 cm³/mol. The lowest BCUT2D eigenvalue weighted by Crippen LogP contribution is -2.57. The van der Waals surface area contributed by atoms with E-state index < -0.39 is 17.9 Å². The second-order valence-electron chi connectivity index (χ2n) is 5.03. The largest absolute Gasteiger partial charge is 0.548 e. The molecular formula is C15H23ClN2O3S. The fourth-order valence-electron chi connectivity index (χ4n) is 1.36. The van der Waals surface area contributed by atoms with Crippen LogP contribution in [0, 0.1) is 0 Å². The highest BCUT2D eigenvalue weighted by Gasteiger charge is 2.14. The summed E-state index contributed by atoms with van der Waals surface area (Å²) in [7, 11) is 0. The molecule has 0 radical (unpaired) electrons. The molecule has 0 saturated heterocycles. The Morgan fingerprint density at radius 3 is 2.45 bits per heavy atom. The number of carbonyl (C=O) groups is 2. The minimum Gasteiger partial charge on any atom is -0.548 e. The SMILES string of the molecule is CC(C)[NH3+].CSCCC(NC(=O)c1cccc(Cl)c1)C(=O)[O-]. The van der Waals surface area contributed by atoms with Crippen molar-refractivity contribution in [1.82, 2.24) is 5.32 Å². The van der Waals surface area contributed by atoms with Gasteiger partial charge in [-0.25, -0.2) is 0 Å². The summed E-state index contributed by atoms with van der Waals surface area (Å²) in [5.41, 5.74) is 3.97. The van der Waals surface area contributed by atoms with Crippen LogP contribution in [0.3, 0.4) is 0 Å². The molecule has 5 nitrogen and oxygen atoms in total. The van der Waals surface area contributed by atoms with Crippen LogP contribution >= 0.6 is 23.4 Å². The maximum Gasteiger partial charge on any atom is 0.251 e. The number of thioether (sulfide) groups is 1. The van der Waals surface area contributed by atoms with Crippen LogP contribution in [0.15, 0.2) is 24.3 Å². The third-order valence-corrected chi connectivity index (χ3v) is 3.17. The number of carbonyl (C=O) groups excluding carboxylic acids is 2. The molecule has 0 aromatic heterocycles. The monoisotopic (exact) mass is 346 g/mol. The number of carboxylic acids is 1. The first-order chi connectivity index (χ1) is 10.3. The first-order valence-corrected chi connectivity index (χ1v) is 8.64. The molecule has 1 unspecified atom stereocenters. The van der Waals surface area contributed by atoms with E-state index in [0.29, 0.717) is 28.8 Å². The zero-order valence-electron chi connectivity index (χ0n) is 13.1. The number of benzene rings is 1. The molecule has 0 spiro atoms. The van der Waals surface area contributed by atoms with Gasteiger partial charge in [-0.05, 0) is 50.5 Å². The van der Waals surface area contributed by atoms with Gasteiger partial charge in [-0.1, -0.05) is 17.7 Å². The number of quaternary nitrogens is 1. The summed E-state index contributed by atoms with van der Waals surface area (Å²) in [6.45, 7) is 4.11. The zero-order chi connectivity index (χ0) is 17.1. The van der Waals surface area contributed by atoms with E-state index in [0.717, 1.165) is 0 Å². The van der Waals surface area contributed by atoms with E-state index in [4.69, 9.17) is 11.6 Å². The first kappa shape index (κ1) is 20.8. The number of nitrogens with one attached hydrogen (secondary N) is 1. The van der Waals surface area contributed by atoms with Crippen LogP contribution in [0.1, 0.15) is 30.6 Å². The number of hydrogen-bond donors (Lipinski definition) is 2. The molecular weight excluding hydrogens is 324 g/mol. The lowest BCUT2D eigenvalue weighted by atomic mass is 10.1. The molecule has 1 atom stereocenters. The van der Waals surface area contributed by atoms with E-state index in [9.17, 15) is 14.7 Å². The van der Waals surface area contributed by atoms with Gasteiger partial charge in [0.05, 0.1) is 18.1 Å². The molecule has 0 heterocycles. The van der Waals surface area contributed by atoms with Crippen molar-refractivity contribution in [2.24, 2.45) is 0 Å². The number of aliphatic carboxylic acids is 1. The van der Waals surface area contributed by atoms with Gasteiger partial charge in [0, 0.05) is 10.6 Å². The van der Waals surface area contributed by atoms with Crippen molar-refractivity contribution in [2.75, 3.05) is 12.0 Å². The van der Waals surface area contributed by atoms with Crippen LogP contribution in [-0.2, 0) is 4.79 Å². The Morgan fingerprint density at radius 2 is 2.00 bits per heavy atom. The van der Waals surface area contributed by atoms with E-state index in [-0.39, 0.29) is 0 Å². The Bertz CT molecular complexity index is 481. The summed E-state index contributed by atoms with van der Waals surface area (Å²) in [6, 6.07) is 5.93. The van der Waals surface area contributed by atoms with Crippen molar-refractivity contribution in [3.63, 3.8) is 0 Å². The van der Waals surface area contributed by atoms with Crippen LogP contribution in [-0.4, -0.2) is 36.0 Å². The maximum atomic E-state index is 11.8. The molecule has 1 aromatic carbocycles. The Kier molecular flexibility index (Phi) is 10.7. The number of hydrogen-bond acceptors (Lipinski definition) is 4. The summed E-state index contributed by atoms with van der Waals surface area (Å²) >= 11 is 7.27. The summed E-state index contributed by atoms with van der Waals surface area (Å²) in [4.78, 5) is 22.7. The predicted octanol–water partition coefficient (Wildman–Crippen LogP) is 0.578. The highest BCUT2D eigenvalue weighted by atomic mass is 35.5. The van der Waals surface area contributed by atoms with Crippen molar-refractivity contribution in [3.8, 4) is 0 Å². The van der Waals surface area contributed by atoms with E-state index in [1.807, 2.05) is 6.26 Å². The molecule has 0 aliphatic heterocycles. The summed E-state index contributed by atoms with van der Waals surface area (Å²) in [5, 5.41) is 13.7. The average molecular weight is 347 g/mol. The lowest BCUT2D eigenvalue weighted by molar-refractivity contribution is -0.407. The summed E-state index contributed by atoms with van der Waals surface area (Å²) in [6.07, 6.45) is 2.20. The Labute approximate surface area is 140 Å². The van der Waals surface area contributed by atoms with Crippen LogP contribution < -0.4 is 16.2 Å². The number of rotatable bonds is 6. The quantitative estimate of drug-likeness (QED) is 0.787. The topological polar surface area (TPSA) is 96.9 Å². The zero-order valence-corrected chi connectivity index (χ0v) is 14.7. The maximum absolute atomic E-state index is 11.8. The Morgan fingerprint density at radius 1 is 1.41 bits per heavy atom. The molecule has 0 bridgehead atoms. The lowest BCUT2D eigenvalue weighted by Gasteiger charge is -2.19. The van der Waals surface area contributed by atoms with Crippen LogP contribution in [0.4, 0.5) is 0 Å². The minimum atomic E-state index is -1.28. The van der Waals surface area contributed by atoms with Gasteiger partial charge in [-0.2, -0.15) is 11.8 Å². The first-order valence-electron chi connectivity index (χ1n) is 6.87. The number of carboxylic acid groups (broad SMARTS) is 1. The fourth-order valence-corrected chi connectivity index (χ4v) is 2.02. The van der Waals surface area contributed by atoms with E-state index in [2.05, 4.69) is 24.9 Å². The normalized spacial score (nSPS) is 11.4. The molecule has 7 heteroatoms. The third-order valence-electron chi connectivity index (χ3n) is 2.29. The standard InChI is InChI=1S/C12H14ClNO3S.C3H9N/c1-18-6-5-10(12(16)17)14-11(15)8-3-2-4-9(13)7-8;1-3(2)4/h2-4,7,10H,5-6H2,1H3,(H,14,15)(H,16,17);3H,4H2,1-2H3. The molecule has 22 heavy (non-hydrogen) atoms. The number of amides is 1. The second-order valence-corrected chi connectivity index (χ2v) is 6.45. The Balaban J connectivity index is 0.000000980. The van der Waals surface area contributed by atoms with Gasteiger partial charge in [0.15, 0.2) is 0 Å². The minimum absolute atomic E-state index is 0.329. The summed E-state index contributed by atoms with van der Waals surface area (Å²) in [5.74, 6) is -1.11. The van der Waals surface area contributed by atoms with Crippen LogP contribution in [0.25, 0.3) is 0 Å². The highest BCUT2D eigenvalue weighted by Crippen LogP contribution is 2.11. The van der Waals surface area contributed by atoms with E-state index >= 15 is 0 Å². The van der Waals surface area contributed by atoms with Gasteiger partial charge < -0.3 is 21.0 Å². The molecule has 0 fully saturated rings. The van der Waals surface area contributed by atoms with Crippen molar-refractivity contribution in [3.05, 3.63) is 34.9 Å². The molecule has 0 aliphatic carbocycles. The molecule has 1 amide bonds. The van der Waals surface area contributed by atoms with Crippen LogP contribution in [0.2, 0.25) is 5.02 Å². The Hall–Kier alpha value is -1.24. The average Bonchev–Trinajstić information content (AvgIpc) is 2.42. The third kappa shape index (κ3) is 9.65. The van der Waals surface area contributed by atoms with Gasteiger partial charge in [-0.15, -0.1) is 0 Å². The van der Waals surface area contributed by atoms with Gasteiger partial charge in [0.2, 0.25) is 0 Å². The van der Waals surface area contributed by atoms with Gasteiger partial charge >= 0.3 is 0 Å². The van der Waals surface area contributed by atoms with Crippen molar-refractivity contribution >= 4 is 35.2 Å². The molecule has 1 aromatic rings.